The van der Waals surface area contributed by atoms with Crippen molar-refractivity contribution in [1.29, 1.82) is 0 Å². The van der Waals surface area contributed by atoms with Gasteiger partial charge in [0.1, 0.15) is 5.75 Å². The Bertz CT molecular complexity index is 966. The minimum Gasteiger partial charge on any atom is -0.496 e. The molecule has 1 aliphatic rings. The molecule has 0 saturated heterocycles. The number of nitrogens with zero attached hydrogens (tertiary/aromatic N) is 2. The fourth-order valence-electron chi connectivity index (χ4n) is 4.27. The molecule has 0 unspecified atom stereocenters. The Morgan fingerprint density at radius 1 is 0.828 bits per heavy atom. The van der Waals surface area contributed by atoms with Crippen LogP contribution in [-0.4, -0.2) is 37.3 Å². The fourth-order valence-corrected chi connectivity index (χ4v) is 4.27. The summed E-state index contributed by atoms with van der Waals surface area (Å²) < 4.78 is 19.0. The van der Waals surface area contributed by atoms with E-state index in [0.717, 1.165) is 43.3 Å². The van der Waals surface area contributed by atoms with Crippen molar-refractivity contribution >= 4 is 0 Å². The van der Waals surface area contributed by atoms with Gasteiger partial charge in [-0.25, -0.2) is 0 Å². The maximum absolute atomic E-state index is 5.61. The highest BCUT2D eigenvalue weighted by Crippen LogP contribution is 2.38. The van der Waals surface area contributed by atoms with E-state index in [4.69, 9.17) is 14.2 Å². The van der Waals surface area contributed by atoms with Crippen molar-refractivity contribution < 1.29 is 14.2 Å². The molecule has 0 spiro atoms. The summed E-state index contributed by atoms with van der Waals surface area (Å²) in [4.78, 5) is 2.53. The van der Waals surface area contributed by atoms with Crippen molar-refractivity contribution in [1.82, 2.24) is 9.47 Å². The van der Waals surface area contributed by atoms with Crippen LogP contribution in [0.4, 0.5) is 0 Å². The number of ether oxygens (including phenoxy) is 3. The molecule has 0 radical (unpaired) electrons. The first-order valence-corrected chi connectivity index (χ1v) is 9.98. The Morgan fingerprint density at radius 2 is 1.62 bits per heavy atom. The third-order valence-electron chi connectivity index (χ3n) is 5.64. The zero-order chi connectivity index (χ0) is 20.2. The zero-order valence-electron chi connectivity index (χ0n) is 17.3. The van der Waals surface area contributed by atoms with E-state index in [1.807, 2.05) is 18.2 Å². The van der Waals surface area contributed by atoms with E-state index in [-0.39, 0.29) is 6.04 Å². The van der Waals surface area contributed by atoms with Gasteiger partial charge in [-0.1, -0.05) is 24.3 Å². The van der Waals surface area contributed by atoms with Gasteiger partial charge in [0.25, 0.3) is 0 Å². The smallest absolute Gasteiger partial charge is 0.161 e. The predicted octanol–water partition coefficient (Wildman–Crippen LogP) is 4.51. The Hall–Kier alpha value is -2.92. The van der Waals surface area contributed by atoms with E-state index >= 15 is 0 Å². The summed E-state index contributed by atoms with van der Waals surface area (Å²) in [6.07, 6.45) is 3.27. The van der Waals surface area contributed by atoms with Crippen molar-refractivity contribution in [2.75, 3.05) is 27.9 Å². The molecule has 0 bridgehead atoms. The van der Waals surface area contributed by atoms with Crippen LogP contribution in [0.15, 0.2) is 60.8 Å². The Balaban J connectivity index is 1.77. The lowest BCUT2D eigenvalue weighted by molar-refractivity contribution is 0.217. The molecule has 5 nitrogen and oxygen atoms in total. The number of fused-ring (bicyclic) bond motifs is 1. The van der Waals surface area contributed by atoms with E-state index in [1.165, 1.54) is 16.8 Å². The number of aryl methyl sites for hydroxylation is 1. The molecule has 2 aromatic carbocycles. The minimum atomic E-state index is 0.122. The van der Waals surface area contributed by atoms with Gasteiger partial charge in [-0.15, -0.1) is 0 Å². The highest BCUT2D eigenvalue weighted by molar-refractivity contribution is 5.46. The van der Waals surface area contributed by atoms with E-state index in [1.54, 1.807) is 21.3 Å². The largest absolute Gasteiger partial charge is 0.496 e. The maximum Gasteiger partial charge on any atom is 0.161 e. The molecule has 0 saturated carbocycles. The van der Waals surface area contributed by atoms with Crippen LogP contribution in [-0.2, 0) is 13.1 Å². The molecule has 1 atom stereocenters. The minimum absolute atomic E-state index is 0.122. The standard InChI is InChI=1S/C24H28N2O3/c1-27-21-10-5-4-8-19(21)17-26-15-7-14-25-13-6-9-20(25)24(26)18-11-12-22(28-2)23(16-18)29-3/h4-6,8-13,16,24H,7,14-15,17H2,1-3H3/t24-/m0/s1. The molecule has 3 aromatic rings. The summed E-state index contributed by atoms with van der Waals surface area (Å²) in [5.41, 5.74) is 3.68. The summed E-state index contributed by atoms with van der Waals surface area (Å²) in [6, 6.07) is 19.0. The molecule has 0 N–H and O–H groups in total. The van der Waals surface area contributed by atoms with Gasteiger partial charge in [0.05, 0.1) is 27.4 Å². The zero-order valence-corrected chi connectivity index (χ0v) is 17.3. The monoisotopic (exact) mass is 392 g/mol. The lowest BCUT2D eigenvalue weighted by Crippen LogP contribution is -2.29. The van der Waals surface area contributed by atoms with Crippen LogP contribution in [0.2, 0.25) is 0 Å². The first kappa shape index (κ1) is 19.4. The van der Waals surface area contributed by atoms with Crippen LogP contribution < -0.4 is 14.2 Å². The highest BCUT2D eigenvalue weighted by Gasteiger charge is 2.28. The Kier molecular flexibility index (Phi) is 5.76. The average molecular weight is 392 g/mol. The van der Waals surface area contributed by atoms with Gasteiger partial charge in [0.15, 0.2) is 11.5 Å². The van der Waals surface area contributed by atoms with E-state index in [9.17, 15) is 0 Å². The van der Waals surface area contributed by atoms with Crippen LogP contribution >= 0.6 is 0 Å². The number of rotatable bonds is 6. The molecule has 4 rings (SSSR count). The predicted molar refractivity (Wildman–Crippen MR) is 114 cm³/mol. The summed E-state index contributed by atoms with van der Waals surface area (Å²) in [5, 5.41) is 0. The molecule has 2 heterocycles. The maximum atomic E-state index is 5.61. The van der Waals surface area contributed by atoms with Crippen molar-refractivity contribution in [2.45, 2.75) is 25.6 Å². The van der Waals surface area contributed by atoms with Gasteiger partial charge >= 0.3 is 0 Å². The number of hydrogen-bond donors (Lipinski definition) is 0. The van der Waals surface area contributed by atoms with Gasteiger partial charge in [-0.2, -0.15) is 0 Å². The van der Waals surface area contributed by atoms with Gasteiger partial charge in [0.2, 0.25) is 0 Å². The topological polar surface area (TPSA) is 35.9 Å². The van der Waals surface area contributed by atoms with E-state index in [2.05, 4.69) is 52.1 Å². The van der Waals surface area contributed by atoms with Crippen LogP contribution in [0.3, 0.4) is 0 Å². The molecule has 0 amide bonds. The molecular weight excluding hydrogens is 364 g/mol. The van der Waals surface area contributed by atoms with Crippen molar-refractivity contribution in [2.24, 2.45) is 0 Å². The number of para-hydroxylation sites is 1. The average Bonchev–Trinajstić information content (AvgIpc) is 3.15. The fraction of sp³-hybridized carbons (Fsp3) is 0.333. The number of methoxy groups -OCH3 is 3. The Morgan fingerprint density at radius 3 is 2.41 bits per heavy atom. The molecule has 0 fully saturated rings. The second-order valence-corrected chi connectivity index (χ2v) is 7.28. The summed E-state index contributed by atoms with van der Waals surface area (Å²) >= 11 is 0. The van der Waals surface area contributed by atoms with Crippen LogP contribution in [0.1, 0.15) is 29.3 Å². The summed E-state index contributed by atoms with van der Waals surface area (Å²) in [5.74, 6) is 2.43. The molecule has 1 aromatic heterocycles. The van der Waals surface area contributed by atoms with Crippen LogP contribution in [0, 0.1) is 0 Å². The van der Waals surface area contributed by atoms with Gasteiger partial charge in [0, 0.05) is 37.1 Å². The van der Waals surface area contributed by atoms with Crippen LogP contribution in [0.25, 0.3) is 0 Å². The summed E-state index contributed by atoms with van der Waals surface area (Å²) in [7, 11) is 5.09. The lowest BCUT2D eigenvalue weighted by atomic mass is 10.00. The van der Waals surface area contributed by atoms with Gasteiger partial charge < -0.3 is 18.8 Å². The van der Waals surface area contributed by atoms with Crippen LogP contribution in [0.5, 0.6) is 17.2 Å². The number of aromatic nitrogens is 1. The first-order chi connectivity index (χ1) is 14.2. The first-order valence-electron chi connectivity index (χ1n) is 9.98. The van der Waals surface area contributed by atoms with E-state index in [0.29, 0.717) is 0 Å². The summed E-state index contributed by atoms with van der Waals surface area (Å²) in [6.45, 7) is 2.83. The molecule has 5 heteroatoms. The number of benzene rings is 2. The third-order valence-corrected chi connectivity index (χ3v) is 5.64. The molecule has 29 heavy (non-hydrogen) atoms. The van der Waals surface area contributed by atoms with E-state index < -0.39 is 0 Å². The molecule has 0 aliphatic carbocycles. The third kappa shape index (κ3) is 3.83. The molecule has 1 aliphatic heterocycles. The van der Waals surface area contributed by atoms with Crippen molar-refractivity contribution in [3.63, 3.8) is 0 Å². The highest BCUT2D eigenvalue weighted by atomic mass is 16.5. The SMILES string of the molecule is COc1ccccc1CN1CCCn2cccc2[C@@H]1c1ccc(OC)c(OC)c1. The quantitative estimate of drug-likeness (QED) is 0.618. The second-order valence-electron chi connectivity index (χ2n) is 7.28. The van der Waals surface area contributed by atoms with Gasteiger partial charge in [-0.3, -0.25) is 4.90 Å². The van der Waals surface area contributed by atoms with Crippen molar-refractivity contribution in [3.05, 3.63) is 77.6 Å². The van der Waals surface area contributed by atoms with Crippen molar-refractivity contribution in [3.8, 4) is 17.2 Å². The molecule has 152 valence electrons. The number of hydrogen-bond acceptors (Lipinski definition) is 4. The molecular formula is C24H28N2O3. The Labute approximate surface area is 172 Å². The van der Waals surface area contributed by atoms with Gasteiger partial charge in [-0.05, 0) is 42.3 Å². The lowest BCUT2D eigenvalue weighted by Gasteiger charge is -2.31. The normalized spacial score (nSPS) is 16.7. The second kappa shape index (κ2) is 8.62.